The predicted molar refractivity (Wildman–Crippen MR) is 79.7 cm³/mol. The summed E-state index contributed by atoms with van der Waals surface area (Å²) in [6.45, 7) is 1.97. The number of hydrogen-bond acceptors (Lipinski definition) is 3. The van der Waals surface area contributed by atoms with Crippen LogP contribution in [0.15, 0.2) is 54.6 Å². The molecule has 0 bridgehead atoms. The van der Waals surface area contributed by atoms with Gasteiger partial charge in [0.1, 0.15) is 5.75 Å². The molecule has 4 heteroatoms. The van der Waals surface area contributed by atoms with Crippen LogP contribution in [0.2, 0.25) is 0 Å². The summed E-state index contributed by atoms with van der Waals surface area (Å²) in [7, 11) is 1.79. The Balaban J connectivity index is 1.84. The summed E-state index contributed by atoms with van der Waals surface area (Å²) in [5.74, 6) is 0.500. The van der Waals surface area contributed by atoms with Gasteiger partial charge in [0.05, 0.1) is 5.69 Å². The van der Waals surface area contributed by atoms with Crippen LogP contribution >= 0.6 is 0 Å². The third-order valence-corrected chi connectivity index (χ3v) is 2.80. The van der Waals surface area contributed by atoms with Gasteiger partial charge >= 0.3 is 0 Å². The van der Waals surface area contributed by atoms with Crippen molar-refractivity contribution in [1.82, 2.24) is 5.43 Å². The highest BCUT2D eigenvalue weighted by Crippen LogP contribution is 2.12. The Labute approximate surface area is 119 Å². The molecule has 0 unspecified atom stereocenters. The Kier molecular flexibility index (Phi) is 4.60. The molecule has 0 aliphatic carbocycles. The smallest absolute Gasteiger partial charge is 0.276 e. The highest BCUT2D eigenvalue weighted by molar-refractivity contribution is 5.79. The predicted octanol–water partition coefficient (Wildman–Crippen LogP) is 2.54. The number of rotatable bonds is 5. The lowest BCUT2D eigenvalue weighted by Gasteiger charge is -2.20. The van der Waals surface area contributed by atoms with E-state index in [4.69, 9.17) is 4.74 Å². The molecule has 1 N–H and O–H groups in total. The van der Waals surface area contributed by atoms with Crippen LogP contribution in [0.3, 0.4) is 0 Å². The fraction of sp³-hybridized carbons (Fsp3) is 0.188. The van der Waals surface area contributed by atoms with E-state index >= 15 is 0 Å². The SMILES string of the molecule is Cc1cccc(OCC(=O)NN(C)c2ccccc2)c1. The fourth-order valence-corrected chi connectivity index (χ4v) is 1.79. The van der Waals surface area contributed by atoms with Gasteiger partial charge in [0.15, 0.2) is 6.61 Å². The van der Waals surface area contributed by atoms with Crippen LogP contribution in [0, 0.1) is 6.92 Å². The van der Waals surface area contributed by atoms with E-state index in [-0.39, 0.29) is 12.5 Å². The molecule has 1 amide bonds. The lowest BCUT2D eigenvalue weighted by atomic mass is 10.2. The number of para-hydroxylation sites is 1. The number of carbonyl (C=O) groups is 1. The molecule has 0 aliphatic heterocycles. The Morgan fingerprint density at radius 2 is 1.90 bits per heavy atom. The topological polar surface area (TPSA) is 41.6 Å². The fourth-order valence-electron chi connectivity index (χ4n) is 1.79. The molecule has 0 radical (unpaired) electrons. The number of anilines is 1. The van der Waals surface area contributed by atoms with Crippen LogP contribution in [-0.2, 0) is 4.79 Å². The average Bonchev–Trinajstić information content (AvgIpc) is 2.46. The number of hydrazine groups is 1. The van der Waals surface area contributed by atoms with Gasteiger partial charge in [-0.1, -0.05) is 30.3 Å². The highest BCUT2D eigenvalue weighted by atomic mass is 16.5. The lowest BCUT2D eigenvalue weighted by molar-refractivity contribution is -0.123. The van der Waals surface area contributed by atoms with E-state index in [0.29, 0.717) is 5.75 Å². The van der Waals surface area contributed by atoms with Gasteiger partial charge in [-0.05, 0) is 36.8 Å². The molecule has 104 valence electrons. The molecule has 0 fully saturated rings. The maximum Gasteiger partial charge on any atom is 0.276 e. The van der Waals surface area contributed by atoms with Gasteiger partial charge in [0.25, 0.3) is 5.91 Å². The molecule has 0 atom stereocenters. The first kappa shape index (κ1) is 13.9. The van der Waals surface area contributed by atoms with E-state index in [1.807, 2.05) is 61.5 Å². The minimum absolute atomic E-state index is 0.0133. The molecule has 2 aromatic carbocycles. The first-order valence-electron chi connectivity index (χ1n) is 6.43. The molecule has 0 saturated heterocycles. The molecule has 2 rings (SSSR count). The van der Waals surface area contributed by atoms with Gasteiger partial charge in [0, 0.05) is 7.05 Å². The molecular weight excluding hydrogens is 252 g/mol. The second kappa shape index (κ2) is 6.61. The van der Waals surface area contributed by atoms with Gasteiger partial charge in [-0.3, -0.25) is 15.2 Å². The molecule has 0 saturated carbocycles. The molecule has 2 aromatic rings. The zero-order valence-corrected chi connectivity index (χ0v) is 11.7. The van der Waals surface area contributed by atoms with E-state index < -0.39 is 0 Å². The Morgan fingerprint density at radius 3 is 2.60 bits per heavy atom. The number of benzene rings is 2. The summed E-state index contributed by atoms with van der Waals surface area (Å²) in [6.07, 6.45) is 0. The number of hydrogen-bond donors (Lipinski definition) is 1. The van der Waals surface area contributed by atoms with Crippen molar-refractivity contribution in [2.75, 3.05) is 18.7 Å². The first-order chi connectivity index (χ1) is 9.65. The van der Waals surface area contributed by atoms with E-state index in [1.54, 1.807) is 12.1 Å². The number of carbonyl (C=O) groups excluding carboxylic acids is 1. The zero-order chi connectivity index (χ0) is 14.4. The molecule has 0 spiro atoms. The van der Waals surface area contributed by atoms with E-state index in [0.717, 1.165) is 11.3 Å². The summed E-state index contributed by atoms with van der Waals surface area (Å²) >= 11 is 0. The largest absolute Gasteiger partial charge is 0.484 e. The van der Waals surface area contributed by atoms with Crippen molar-refractivity contribution in [3.8, 4) is 5.75 Å². The van der Waals surface area contributed by atoms with Crippen molar-refractivity contribution >= 4 is 11.6 Å². The highest BCUT2D eigenvalue weighted by Gasteiger charge is 2.06. The molecular formula is C16H18N2O2. The second-order valence-electron chi connectivity index (χ2n) is 4.53. The first-order valence-corrected chi connectivity index (χ1v) is 6.43. The number of aryl methyl sites for hydroxylation is 1. The van der Waals surface area contributed by atoms with Crippen molar-refractivity contribution in [3.05, 3.63) is 60.2 Å². The third-order valence-electron chi connectivity index (χ3n) is 2.80. The summed E-state index contributed by atoms with van der Waals surface area (Å²) < 4.78 is 5.45. The number of amides is 1. The molecule has 0 heterocycles. The van der Waals surface area contributed by atoms with Crippen LogP contribution in [0.1, 0.15) is 5.56 Å². The summed E-state index contributed by atoms with van der Waals surface area (Å²) in [4.78, 5) is 11.8. The maximum atomic E-state index is 11.8. The summed E-state index contributed by atoms with van der Waals surface area (Å²) in [6, 6.07) is 17.2. The van der Waals surface area contributed by atoms with Crippen molar-refractivity contribution in [2.24, 2.45) is 0 Å². The van der Waals surface area contributed by atoms with E-state index in [1.165, 1.54) is 0 Å². The number of nitrogens with zero attached hydrogens (tertiary/aromatic N) is 1. The molecule has 20 heavy (non-hydrogen) atoms. The van der Waals surface area contributed by atoms with Gasteiger partial charge in [-0.15, -0.1) is 0 Å². The average molecular weight is 270 g/mol. The van der Waals surface area contributed by atoms with Gasteiger partial charge in [-0.2, -0.15) is 0 Å². The van der Waals surface area contributed by atoms with E-state index in [9.17, 15) is 4.79 Å². The van der Waals surface area contributed by atoms with Crippen LogP contribution in [-0.4, -0.2) is 19.6 Å². The standard InChI is InChI=1S/C16H18N2O2/c1-13-7-6-10-15(11-13)20-12-16(19)17-18(2)14-8-4-3-5-9-14/h3-11H,12H2,1-2H3,(H,17,19). The molecule has 4 nitrogen and oxygen atoms in total. The molecule has 0 aromatic heterocycles. The minimum Gasteiger partial charge on any atom is -0.484 e. The lowest BCUT2D eigenvalue weighted by Crippen LogP contribution is -2.41. The van der Waals surface area contributed by atoms with Gasteiger partial charge in [-0.25, -0.2) is 0 Å². The minimum atomic E-state index is -0.196. The zero-order valence-electron chi connectivity index (χ0n) is 11.7. The van der Waals surface area contributed by atoms with Crippen molar-refractivity contribution < 1.29 is 9.53 Å². The Bertz CT molecular complexity index is 570. The van der Waals surface area contributed by atoms with E-state index in [2.05, 4.69) is 5.43 Å². The van der Waals surface area contributed by atoms with Gasteiger partial charge < -0.3 is 4.74 Å². The quantitative estimate of drug-likeness (QED) is 0.849. The normalized spacial score (nSPS) is 9.90. The maximum absolute atomic E-state index is 11.8. The van der Waals surface area contributed by atoms with Crippen LogP contribution in [0.25, 0.3) is 0 Å². The summed E-state index contributed by atoms with van der Waals surface area (Å²) in [5.41, 5.74) is 4.76. The number of ether oxygens (including phenoxy) is 1. The monoisotopic (exact) mass is 270 g/mol. The van der Waals surface area contributed by atoms with Crippen molar-refractivity contribution in [1.29, 1.82) is 0 Å². The third kappa shape index (κ3) is 4.02. The van der Waals surface area contributed by atoms with Crippen LogP contribution in [0.4, 0.5) is 5.69 Å². The summed E-state index contributed by atoms with van der Waals surface area (Å²) in [5, 5.41) is 1.67. The van der Waals surface area contributed by atoms with Crippen molar-refractivity contribution in [3.63, 3.8) is 0 Å². The Hall–Kier alpha value is -2.49. The van der Waals surface area contributed by atoms with Crippen LogP contribution < -0.4 is 15.2 Å². The Morgan fingerprint density at radius 1 is 1.15 bits per heavy atom. The van der Waals surface area contributed by atoms with Crippen molar-refractivity contribution in [2.45, 2.75) is 6.92 Å². The van der Waals surface area contributed by atoms with Crippen LogP contribution in [0.5, 0.6) is 5.75 Å². The second-order valence-corrected chi connectivity index (χ2v) is 4.53. The number of nitrogens with one attached hydrogen (secondary N) is 1. The molecule has 0 aliphatic rings. The van der Waals surface area contributed by atoms with Gasteiger partial charge in [0.2, 0.25) is 0 Å².